The Balaban J connectivity index is 0. The van der Waals surface area contributed by atoms with Gasteiger partial charge in [-0.1, -0.05) is 0 Å². The van der Waals surface area contributed by atoms with E-state index in [4.69, 9.17) is 0 Å². The molecule has 0 amide bonds. The van der Waals surface area contributed by atoms with Crippen molar-refractivity contribution in [1.82, 2.24) is 0 Å². The Kier molecular flexibility index (Phi) is 13.4. The second kappa shape index (κ2) is 12.1. The summed E-state index contributed by atoms with van der Waals surface area (Å²) in [6.07, 6.45) is 5.31. The maximum atomic E-state index is 2.54. The van der Waals surface area contributed by atoms with Crippen LogP contribution in [-0.4, -0.2) is 9.52 Å². The van der Waals surface area contributed by atoms with E-state index in [1.807, 2.05) is 0 Å². The molecule has 1 atom stereocenters. The Morgan fingerprint density at radius 3 is 1.92 bits per heavy atom. The fraction of sp³-hybridized carbons (Fsp3) is 0.524. The van der Waals surface area contributed by atoms with Gasteiger partial charge in [-0.25, -0.2) is 0 Å². The van der Waals surface area contributed by atoms with Gasteiger partial charge >= 0.3 is 157 Å². The summed E-state index contributed by atoms with van der Waals surface area (Å²) in [6, 6.07) is 7.17. The summed E-state index contributed by atoms with van der Waals surface area (Å²) < 4.78 is 1.65. The predicted molar refractivity (Wildman–Crippen MR) is 102 cm³/mol. The predicted octanol–water partition coefficient (Wildman–Crippen LogP) is -3.98. The van der Waals surface area contributed by atoms with E-state index in [2.05, 4.69) is 80.2 Å². The smallest absolute Gasteiger partial charge is 1.00 e. The van der Waals surface area contributed by atoms with Crippen molar-refractivity contribution in [3.63, 3.8) is 0 Å². The molecule has 1 aliphatic rings. The Bertz CT molecular complexity index is 647. The molecule has 2 rings (SSSR count). The van der Waals surface area contributed by atoms with E-state index < -0.39 is 0 Å². The van der Waals surface area contributed by atoms with E-state index in [0.29, 0.717) is 5.04 Å². The second-order valence-electron chi connectivity index (χ2n) is 7.57. The summed E-state index contributed by atoms with van der Waals surface area (Å²) in [7, 11) is -0.383. The van der Waals surface area contributed by atoms with Crippen molar-refractivity contribution >= 4 is 14.7 Å². The third-order valence-corrected chi connectivity index (χ3v) is 9.78. The standard InChI is InChI=1S/C21H31Si.3ClH.Ti/c1-7-8-9-10-20-18(5)17(4)14-21(20,6)22-19-12-15(2)11-16(3)13-19;;;;/h11-13H,7-10,22H2,1-6H3;3*1H;/q;;;;+3/p-3. The van der Waals surface area contributed by atoms with E-state index in [9.17, 15) is 0 Å². The molecule has 0 saturated heterocycles. The van der Waals surface area contributed by atoms with Crippen LogP contribution in [0.25, 0.3) is 0 Å². The molecule has 0 radical (unpaired) electrons. The molecule has 1 aromatic carbocycles. The summed E-state index contributed by atoms with van der Waals surface area (Å²) in [5, 5.41) is 1.97. The molecule has 0 bridgehead atoms. The van der Waals surface area contributed by atoms with Gasteiger partial charge in [0.1, 0.15) is 0 Å². The molecule has 26 heavy (non-hydrogen) atoms. The molecule has 0 nitrogen and oxygen atoms in total. The SMILES string of the molecule is CCCCCC1=C(C)C(C)=[C]([Ti+3])C1(C)[SiH2]c1cc(C)cc(C)c1.[Cl-].[Cl-].[Cl-]. The minimum absolute atomic E-state index is 0. The summed E-state index contributed by atoms with van der Waals surface area (Å²) >= 11 is 2.39. The van der Waals surface area contributed by atoms with Gasteiger partial charge < -0.3 is 37.2 Å². The maximum Gasteiger partial charge on any atom is -1.00 e. The van der Waals surface area contributed by atoms with Crippen LogP contribution in [-0.2, 0) is 20.4 Å². The molecular formula is C21H31Cl3SiTi. The fourth-order valence-corrected chi connectivity index (χ4v) is 7.89. The average Bonchev–Trinajstić information content (AvgIpc) is 2.61. The minimum atomic E-state index is -0.383. The average molecular weight is 466 g/mol. The molecule has 0 spiro atoms. The molecule has 1 aromatic rings. The number of unbranched alkanes of at least 4 members (excludes halogenated alkanes) is 2. The third-order valence-electron chi connectivity index (χ3n) is 5.48. The van der Waals surface area contributed by atoms with Crippen molar-refractivity contribution in [2.75, 3.05) is 0 Å². The first kappa shape index (κ1) is 28.7. The van der Waals surface area contributed by atoms with Gasteiger partial charge in [0, 0.05) is 0 Å². The van der Waals surface area contributed by atoms with Gasteiger partial charge in [-0.05, 0) is 0 Å². The van der Waals surface area contributed by atoms with Crippen molar-refractivity contribution in [2.45, 2.75) is 72.3 Å². The summed E-state index contributed by atoms with van der Waals surface area (Å²) in [4.78, 5) is 0. The molecule has 1 aliphatic carbocycles. The largest absolute Gasteiger partial charge is 1.00 e. The Hall–Kier alpha value is 0.501. The van der Waals surface area contributed by atoms with Crippen molar-refractivity contribution < 1.29 is 57.7 Å². The first-order valence-electron chi connectivity index (χ1n) is 9.00. The number of allylic oxidation sites excluding steroid dienone is 4. The number of rotatable bonds is 6. The molecule has 0 aromatic heterocycles. The van der Waals surface area contributed by atoms with Crippen LogP contribution < -0.4 is 42.4 Å². The number of halogens is 3. The number of hydrogen-bond acceptors (Lipinski definition) is 0. The van der Waals surface area contributed by atoms with E-state index in [1.165, 1.54) is 36.8 Å². The molecule has 0 fully saturated rings. The van der Waals surface area contributed by atoms with Crippen LogP contribution in [0.4, 0.5) is 0 Å². The van der Waals surface area contributed by atoms with Crippen LogP contribution in [0, 0.1) is 13.8 Å². The van der Waals surface area contributed by atoms with Gasteiger partial charge in [0.05, 0.1) is 0 Å². The topological polar surface area (TPSA) is 0 Å². The molecule has 144 valence electrons. The first-order valence-corrected chi connectivity index (χ1v) is 11.2. The number of benzene rings is 1. The zero-order valence-corrected chi connectivity index (χ0v) is 22.1. The molecule has 5 heteroatoms. The molecule has 0 N–H and O–H groups in total. The van der Waals surface area contributed by atoms with Gasteiger partial charge in [0.2, 0.25) is 0 Å². The normalized spacial score (nSPS) is 19.5. The van der Waals surface area contributed by atoms with Gasteiger partial charge in [0.25, 0.3) is 0 Å². The van der Waals surface area contributed by atoms with Crippen LogP contribution >= 0.6 is 0 Å². The Labute approximate surface area is 193 Å². The summed E-state index contributed by atoms with van der Waals surface area (Å²) in [5.41, 5.74) is 7.75. The summed E-state index contributed by atoms with van der Waals surface area (Å²) in [6.45, 7) is 14.0. The number of aryl methyl sites for hydroxylation is 2. The zero-order chi connectivity index (χ0) is 17.2. The fourth-order valence-electron chi connectivity index (χ4n) is 4.18. The van der Waals surface area contributed by atoms with Crippen LogP contribution in [0.2, 0.25) is 5.04 Å². The van der Waals surface area contributed by atoms with Gasteiger partial charge in [-0.2, -0.15) is 0 Å². The van der Waals surface area contributed by atoms with Crippen LogP contribution in [0.3, 0.4) is 0 Å². The van der Waals surface area contributed by atoms with Crippen molar-refractivity contribution in [2.24, 2.45) is 0 Å². The third kappa shape index (κ3) is 6.26. The van der Waals surface area contributed by atoms with Crippen LogP contribution in [0.15, 0.2) is 38.8 Å². The molecule has 0 saturated carbocycles. The maximum absolute atomic E-state index is 2.54. The van der Waals surface area contributed by atoms with E-state index in [1.54, 1.807) is 25.8 Å². The van der Waals surface area contributed by atoms with Crippen molar-refractivity contribution in [3.8, 4) is 0 Å². The van der Waals surface area contributed by atoms with Gasteiger partial charge in [-0.15, -0.1) is 0 Å². The quantitative estimate of drug-likeness (QED) is 0.297. The van der Waals surface area contributed by atoms with Crippen molar-refractivity contribution in [1.29, 1.82) is 0 Å². The van der Waals surface area contributed by atoms with E-state index in [-0.39, 0.29) is 46.7 Å². The van der Waals surface area contributed by atoms with E-state index in [0.717, 1.165) is 0 Å². The molecule has 1 unspecified atom stereocenters. The Morgan fingerprint density at radius 1 is 0.885 bits per heavy atom. The van der Waals surface area contributed by atoms with Crippen LogP contribution in [0.1, 0.15) is 64.5 Å². The van der Waals surface area contributed by atoms with Gasteiger partial charge in [0.15, 0.2) is 0 Å². The van der Waals surface area contributed by atoms with Gasteiger partial charge in [-0.3, -0.25) is 0 Å². The summed E-state index contributed by atoms with van der Waals surface area (Å²) in [5.74, 6) is 0. The second-order valence-corrected chi connectivity index (χ2v) is 10.9. The molecular weight excluding hydrogens is 435 g/mol. The monoisotopic (exact) mass is 464 g/mol. The molecule has 0 aliphatic heterocycles. The number of hydrogen-bond donors (Lipinski definition) is 0. The zero-order valence-electron chi connectivity index (χ0n) is 16.9. The first-order chi connectivity index (χ1) is 10.8. The van der Waals surface area contributed by atoms with Crippen LogP contribution in [0.5, 0.6) is 0 Å². The Morgan fingerprint density at radius 2 is 1.42 bits per heavy atom. The molecule has 0 heterocycles. The van der Waals surface area contributed by atoms with Crippen molar-refractivity contribution in [3.05, 3.63) is 49.9 Å². The minimum Gasteiger partial charge on any atom is -1.00 e. The van der Waals surface area contributed by atoms with E-state index >= 15 is 0 Å².